The molecule has 46 heavy (non-hydrogen) atoms. The maximum atomic E-state index is 14.2. The molecule has 5 aromatic rings. The third kappa shape index (κ3) is 5.51. The Morgan fingerprint density at radius 2 is 1.54 bits per heavy atom. The Labute approximate surface area is 266 Å². The summed E-state index contributed by atoms with van der Waals surface area (Å²) < 4.78 is 22.2. The van der Waals surface area contributed by atoms with Crippen molar-refractivity contribution in [1.29, 1.82) is 0 Å². The summed E-state index contributed by atoms with van der Waals surface area (Å²) in [5.41, 5.74) is 2.89. The van der Waals surface area contributed by atoms with E-state index in [4.69, 9.17) is 24.2 Å². The summed E-state index contributed by atoms with van der Waals surface area (Å²) in [7, 11) is 0. The molecule has 2 aliphatic rings. The zero-order valence-corrected chi connectivity index (χ0v) is 25.7. The highest BCUT2D eigenvalue weighted by Crippen LogP contribution is 2.44. The van der Waals surface area contributed by atoms with Gasteiger partial charge in [-0.2, -0.15) is 9.98 Å². The quantitative estimate of drug-likeness (QED) is 0.190. The number of aliphatic hydroxyl groups is 1. The van der Waals surface area contributed by atoms with Crippen LogP contribution in [0.25, 0.3) is 11.2 Å². The van der Waals surface area contributed by atoms with E-state index in [0.717, 1.165) is 29.8 Å². The van der Waals surface area contributed by atoms with Crippen LogP contribution < -0.4 is 5.56 Å². The van der Waals surface area contributed by atoms with Crippen molar-refractivity contribution in [1.82, 2.24) is 24.0 Å². The molecular formula is C35H36N6O5. The van der Waals surface area contributed by atoms with E-state index in [9.17, 15) is 9.90 Å². The van der Waals surface area contributed by atoms with Gasteiger partial charge in [0.25, 0.3) is 5.56 Å². The maximum Gasteiger partial charge on any atom is 0.283 e. The van der Waals surface area contributed by atoms with Crippen LogP contribution in [0.5, 0.6) is 0 Å². The van der Waals surface area contributed by atoms with Crippen LogP contribution in [0.15, 0.2) is 107 Å². The number of aliphatic imine (C=N–C) groups is 1. The molecule has 1 unspecified atom stereocenters. The zero-order valence-electron chi connectivity index (χ0n) is 25.7. The van der Waals surface area contributed by atoms with Gasteiger partial charge < -0.3 is 24.2 Å². The van der Waals surface area contributed by atoms with Gasteiger partial charge in [-0.1, -0.05) is 91.0 Å². The predicted molar refractivity (Wildman–Crippen MR) is 173 cm³/mol. The number of hydrogen-bond donors (Lipinski definition) is 1. The van der Waals surface area contributed by atoms with Crippen LogP contribution in [0.3, 0.4) is 0 Å². The Morgan fingerprint density at radius 1 is 0.891 bits per heavy atom. The molecule has 2 aromatic heterocycles. The standard InChI is InChI=1S/C35H36N6O5/c1-3-39(4-2)30(24-16-10-6-11-17-24)37-35-38-31-27(32(43)40(35)20-23-14-8-5-9-15-23)36-22-41(31)33-29-28(26(21-42)44-33)45-34(46-29)25-18-12-7-13-19-25/h5-19,22,26,28-29,33-34,42H,3-4,20-21H2,1-2H3/b37-30+/t26-,28-,29-,33-,34?/m1/s1. The second-order valence-corrected chi connectivity index (χ2v) is 11.3. The van der Waals surface area contributed by atoms with Gasteiger partial charge in [0.2, 0.25) is 5.95 Å². The summed E-state index contributed by atoms with van der Waals surface area (Å²) in [4.78, 5) is 31.0. The number of rotatable bonds is 9. The van der Waals surface area contributed by atoms with Crippen LogP contribution in [0.2, 0.25) is 0 Å². The Kier molecular flexibility index (Phi) is 8.46. The molecule has 0 amide bonds. The third-order valence-corrected chi connectivity index (χ3v) is 8.52. The van der Waals surface area contributed by atoms with Crippen molar-refractivity contribution < 1.29 is 19.3 Å². The first kappa shape index (κ1) is 30.0. The molecule has 11 heteroatoms. The average molecular weight is 621 g/mol. The smallest absolute Gasteiger partial charge is 0.283 e. The molecular weight excluding hydrogens is 584 g/mol. The Balaban J connectivity index is 1.36. The minimum atomic E-state index is -0.744. The number of aliphatic hydroxyl groups excluding tert-OH is 1. The molecule has 236 valence electrons. The molecule has 0 bridgehead atoms. The number of ether oxygens (including phenoxy) is 3. The van der Waals surface area contributed by atoms with Gasteiger partial charge in [-0.15, -0.1) is 0 Å². The summed E-state index contributed by atoms with van der Waals surface area (Å²) in [6, 6.07) is 29.3. The normalized spacial score (nSPS) is 22.8. The summed E-state index contributed by atoms with van der Waals surface area (Å²) in [6.45, 7) is 5.59. The number of amidine groups is 1. The molecule has 1 N–H and O–H groups in total. The lowest BCUT2D eigenvalue weighted by Gasteiger charge is -2.24. The first-order chi connectivity index (χ1) is 22.6. The highest BCUT2D eigenvalue weighted by Gasteiger charge is 2.54. The number of benzene rings is 3. The molecule has 3 aromatic carbocycles. The SMILES string of the molecule is CCN(CC)/C(=N/c1nc2c(ncn2[C@@H]2O[C@H](CO)[C@H]3OC(c4ccccc4)O[C@H]32)c(=O)n1Cc1ccccc1)c1ccccc1. The summed E-state index contributed by atoms with van der Waals surface area (Å²) in [5, 5.41) is 10.2. The van der Waals surface area contributed by atoms with Crippen molar-refractivity contribution in [2.75, 3.05) is 19.7 Å². The van der Waals surface area contributed by atoms with Gasteiger partial charge in [0.15, 0.2) is 23.7 Å². The van der Waals surface area contributed by atoms with Gasteiger partial charge in [-0.05, 0) is 19.4 Å². The second kappa shape index (κ2) is 13.0. The second-order valence-electron chi connectivity index (χ2n) is 11.3. The first-order valence-corrected chi connectivity index (χ1v) is 15.6. The topological polar surface area (TPSA) is 116 Å². The van der Waals surface area contributed by atoms with Gasteiger partial charge >= 0.3 is 0 Å². The molecule has 0 spiro atoms. The van der Waals surface area contributed by atoms with Crippen molar-refractivity contribution >= 4 is 22.9 Å². The van der Waals surface area contributed by atoms with E-state index in [-0.39, 0.29) is 30.2 Å². The highest BCUT2D eigenvalue weighted by atomic mass is 16.8. The number of aromatic nitrogens is 4. The average Bonchev–Trinajstić information content (AvgIpc) is 3.82. The van der Waals surface area contributed by atoms with E-state index in [1.807, 2.05) is 91.0 Å². The van der Waals surface area contributed by atoms with Crippen molar-refractivity contribution in [2.24, 2.45) is 4.99 Å². The van der Waals surface area contributed by atoms with E-state index in [0.29, 0.717) is 11.5 Å². The van der Waals surface area contributed by atoms with Gasteiger partial charge in [0, 0.05) is 24.2 Å². The lowest BCUT2D eigenvalue weighted by atomic mass is 10.1. The van der Waals surface area contributed by atoms with Crippen molar-refractivity contribution in [2.45, 2.75) is 51.2 Å². The van der Waals surface area contributed by atoms with Crippen LogP contribution in [0, 0.1) is 0 Å². The summed E-state index contributed by atoms with van der Waals surface area (Å²) in [5.74, 6) is 0.952. The zero-order chi connectivity index (χ0) is 31.6. The third-order valence-electron chi connectivity index (χ3n) is 8.52. The molecule has 5 atom stereocenters. The maximum absolute atomic E-state index is 14.2. The Morgan fingerprint density at radius 3 is 2.22 bits per heavy atom. The fourth-order valence-corrected chi connectivity index (χ4v) is 6.17. The van der Waals surface area contributed by atoms with Crippen LogP contribution in [0.4, 0.5) is 5.95 Å². The molecule has 0 radical (unpaired) electrons. The molecule has 2 fully saturated rings. The van der Waals surface area contributed by atoms with Crippen molar-refractivity contribution in [3.63, 3.8) is 0 Å². The fraction of sp³-hybridized carbons (Fsp3) is 0.314. The largest absolute Gasteiger partial charge is 0.394 e. The first-order valence-electron chi connectivity index (χ1n) is 15.6. The van der Waals surface area contributed by atoms with Crippen molar-refractivity contribution in [3.8, 4) is 0 Å². The monoisotopic (exact) mass is 620 g/mol. The molecule has 7 rings (SSSR count). The molecule has 4 heterocycles. The number of fused-ring (bicyclic) bond motifs is 2. The van der Waals surface area contributed by atoms with Crippen LogP contribution in [-0.2, 0) is 20.8 Å². The van der Waals surface area contributed by atoms with Crippen LogP contribution in [-0.4, -0.2) is 73.0 Å². The Bertz CT molecular complexity index is 1870. The molecule has 0 aliphatic carbocycles. The van der Waals surface area contributed by atoms with E-state index < -0.39 is 30.8 Å². The minimum absolute atomic E-state index is 0.185. The predicted octanol–water partition coefficient (Wildman–Crippen LogP) is 4.43. The summed E-state index contributed by atoms with van der Waals surface area (Å²) in [6.07, 6.45) is -1.56. The molecule has 2 saturated heterocycles. The van der Waals surface area contributed by atoms with E-state index in [1.165, 1.54) is 0 Å². The number of nitrogens with zero attached hydrogens (tertiary/aromatic N) is 6. The number of hydrogen-bond acceptors (Lipinski definition) is 8. The number of imidazole rings is 1. The van der Waals surface area contributed by atoms with Crippen LogP contribution >= 0.6 is 0 Å². The lowest BCUT2D eigenvalue weighted by Crippen LogP contribution is -2.32. The van der Waals surface area contributed by atoms with Gasteiger partial charge in [0.05, 0.1) is 19.5 Å². The molecule has 2 aliphatic heterocycles. The van der Waals surface area contributed by atoms with E-state index in [2.05, 4.69) is 23.7 Å². The fourth-order valence-electron chi connectivity index (χ4n) is 6.17. The van der Waals surface area contributed by atoms with Gasteiger partial charge in [-0.25, -0.2) is 4.98 Å². The van der Waals surface area contributed by atoms with Gasteiger partial charge in [0.1, 0.15) is 24.1 Å². The Hall–Kier alpha value is -4.68. The molecule has 0 saturated carbocycles. The van der Waals surface area contributed by atoms with Crippen molar-refractivity contribution in [3.05, 3.63) is 124 Å². The van der Waals surface area contributed by atoms with Crippen LogP contribution in [0.1, 0.15) is 43.1 Å². The van der Waals surface area contributed by atoms with E-state index in [1.54, 1.807) is 15.5 Å². The highest BCUT2D eigenvalue weighted by molar-refractivity contribution is 6.00. The van der Waals surface area contributed by atoms with Gasteiger partial charge in [-0.3, -0.25) is 13.9 Å². The molecule has 11 nitrogen and oxygen atoms in total. The minimum Gasteiger partial charge on any atom is -0.394 e. The summed E-state index contributed by atoms with van der Waals surface area (Å²) >= 11 is 0. The lowest BCUT2D eigenvalue weighted by molar-refractivity contribution is -0.153. The van der Waals surface area contributed by atoms with E-state index >= 15 is 0 Å².